The number of anilines is 1. The van der Waals surface area contributed by atoms with Crippen molar-refractivity contribution in [3.63, 3.8) is 0 Å². The fraction of sp³-hybridized carbons (Fsp3) is 0.263. The Hall–Kier alpha value is -3.02. The highest BCUT2D eigenvalue weighted by molar-refractivity contribution is 6.02. The number of hydrogen-bond donors (Lipinski definition) is 3. The van der Waals surface area contributed by atoms with Crippen molar-refractivity contribution in [2.75, 3.05) is 26.1 Å². The van der Waals surface area contributed by atoms with Gasteiger partial charge in [-0.3, -0.25) is 4.99 Å². The molecule has 128 valence electrons. The second-order valence-electron chi connectivity index (χ2n) is 6.03. The Labute approximate surface area is 145 Å². The predicted molar refractivity (Wildman–Crippen MR) is 95.3 cm³/mol. The number of hydrogen-bond acceptors (Lipinski definition) is 5. The molecule has 0 unspecified atom stereocenters. The minimum absolute atomic E-state index is 0.225. The summed E-state index contributed by atoms with van der Waals surface area (Å²) < 4.78 is 10.6. The smallest absolute Gasteiger partial charge is 0.257 e. The molecule has 0 saturated carbocycles. The van der Waals surface area contributed by atoms with Crippen LogP contribution in [0.5, 0.6) is 17.2 Å². The van der Waals surface area contributed by atoms with Gasteiger partial charge in [0.05, 0.1) is 30.5 Å². The largest absolute Gasteiger partial charge is 0.501 e. The Kier molecular flexibility index (Phi) is 3.80. The zero-order chi connectivity index (χ0) is 17.4. The third-order valence-corrected chi connectivity index (χ3v) is 4.59. The third kappa shape index (κ3) is 2.59. The molecule has 6 nitrogen and oxygen atoms in total. The molecule has 6 heteroatoms. The summed E-state index contributed by atoms with van der Waals surface area (Å²) in [4.78, 5) is 7.76. The maximum Gasteiger partial charge on any atom is 0.257 e. The lowest BCUT2D eigenvalue weighted by Crippen LogP contribution is -2.61. The minimum Gasteiger partial charge on any atom is -0.501 e. The number of nitrogens with zero attached hydrogens (tertiary/aromatic N) is 1. The molecular formula is C19H20N3O3+. The Bertz CT molecular complexity index is 996. The normalized spacial score (nSPS) is 14.1. The second kappa shape index (κ2) is 6.12. The first-order valence-electron chi connectivity index (χ1n) is 8.19. The van der Waals surface area contributed by atoms with E-state index in [1.807, 2.05) is 30.5 Å². The number of methoxy groups -OCH3 is 2. The first kappa shape index (κ1) is 15.5. The van der Waals surface area contributed by atoms with E-state index in [2.05, 4.69) is 15.3 Å². The van der Waals surface area contributed by atoms with Gasteiger partial charge in [0.1, 0.15) is 0 Å². The average molecular weight is 338 g/mol. The number of phenolic OH excluding ortho intramolecular Hbond substituents is 1. The van der Waals surface area contributed by atoms with E-state index in [4.69, 9.17) is 9.47 Å². The van der Waals surface area contributed by atoms with Gasteiger partial charge in [0, 0.05) is 18.7 Å². The maximum atomic E-state index is 10.6. The van der Waals surface area contributed by atoms with E-state index in [9.17, 15) is 5.11 Å². The monoisotopic (exact) mass is 338 g/mol. The van der Waals surface area contributed by atoms with Crippen LogP contribution < -0.4 is 30.4 Å². The van der Waals surface area contributed by atoms with Crippen molar-refractivity contribution in [1.82, 2.24) is 0 Å². The number of aromatic hydroxyl groups is 1. The van der Waals surface area contributed by atoms with E-state index >= 15 is 0 Å². The van der Waals surface area contributed by atoms with Crippen LogP contribution >= 0.6 is 0 Å². The van der Waals surface area contributed by atoms with Crippen LogP contribution in [0.1, 0.15) is 12.0 Å². The molecule has 2 aromatic carbocycles. The summed E-state index contributed by atoms with van der Waals surface area (Å²) in [6.07, 6.45) is 2.87. The average Bonchev–Trinajstić information content (AvgIpc) is 3.09. The first-order chi connectivity index (χ1) is 12.2. The second-order valence-corrected chi connectivity index (χ2v) is 6.03. The van der Waals surface area contributed by atoms with Gasteiger partial charge in [0.2, 0.25) is 5.75 Å². The summed E-state index contributed by atoms with van der Waals surface area (Å²) in [6, 6.07) is 7.66. The van der Waals surface area contributed by atoms with Gasteiger partial charge in [-0.25, -0.2) is 4.99 Å². The van der Waals surface area contributed by atoms with Crippen molar-refractivity contribution in [1.29, 1.82) is 0 Å². The van der Waals surface area contributed by atoms with Crippen molar-refractivity contribution < 1.29 is 19.6 Å². The van der Waals surface area contributed by atoms with E-state index in [0.717, 1.165) is 34.8 Å². The Morgan fingerprint density at radius 2 is 2.04 bits per heavy atom. The molecule has 0 aromatic heterocycles. The number of nitrogens with one attached hydrogen (secondary N) is 2. The van der Waals surface area contributed by atoms with E-state index < -0.39 is 0 Å². The van der Waals surface area contributed by atoms with Gasteiger partial charge in [0.25, 0.3) is 5.69 Å². The number of ether oxygens (including phenoxy) is 2. The molecule has 2 aliphatic rings. The van der Waals surface area contributed by atoms with Crippen molar-refractivity contribution in [2.24, 2.45) is 4.99 Å². The van der Waals surface area contributed by atoms with Crippen LogP contribution in [0, 0.1) is 0 Å². The quantitative estimate of drug-likeness (QED) is 0.671. The first-order valence-corrected chi connectivity index (χ1v) is 8.19. The highest BCUT2D eigenvalue weighted by Crippen LogP contribution is 2.29. The molecule has 2 aromatic rings. The van der Waals surface area contributed by atoms with E-state index in [0.29, 0.717) is 23.7 Å². The van der Waals surface area contributed by atoms with Gasteiger partial charge in [0.15, 0.2) is 17.7 Å². The van der Waals surface area contributed by atoms with Gasteiger partial charge in [-0.2, -0.15) is 0 Å². The van der Waals surface area contributed by atoms with E-state index in [1.165, 1.54) is 5.57 Å². The third-order valence-electron chi connectivity index (χ3n) is 4.59. The minimum atomic E-state index is 0.225. The number of phenols is 1. The molecule has 0 amide bonds. The Morgan fingerprint density at radius 3 is 2.84 bits per heavy atom. The van der Waals surface area contributed by atoms with Crippen LogP contribution in [0.4, 0.5) is 11.4 Å². The molecule has 0 spiro atoms. The molecule has 0 atom stereocenters. The van der Waals surface area contributed by atoms with Crippen molar-refractivity contribution in [3.05, 3.63) is 40.4 Å². The lowest BCUT2D eigenvalue weighted by Gasteiger charge is -2.12. The van der Waals surface area contributed by atoms with Crippen molar-refractivity contribution >= 4 is 23.2 Å². The van der Waals surface area contributed by atoms with E-state index in [-0.39, 0.29) is 5.75 Å². The SMILES string of the molecule is COc1ccc(CNc2cc3c4c(c2O)[NH+]=CC=4CCN=3)cc1OC. The summed E-state index contributed by atoms with van der Waals surface area (Å²) in [7, 11) is 3.23. The summed E-state index contributed by atoms with van der Waals surface area (Å²) >= 11 is 0. The van der Waals surface area contributed by atoms with Crippen LogP contribution in [-0.2, 0) is 6.54 Å². The number of rotatable bonds is 5. The Balaban J connectivity index is 1.64. The molecule has 2 aliphatic heterocycles. The van der Waals surface area contributed by atoms with Gasteiger partial charge >= 0.3 is 0 Å². The van der Waals surface area contributed by atoms with Crippen LogP contribution in [-0.4, -0.2) is 32.1 Å². The summed E-state index contributed by atoms with van der Waals surface area (Å²) in [5, 5.41) is 15.8. The fourth-order valence-corrected chi connectivity index (χ4v) is 3.30. The molecule has 25 heavy (non-hydrogen) atoms. The molecule has 0 bridgehead atoms. The van der Waals surface area contributed by atoms with Crippen LogP contribution in [0.25, 0.3) is 5.57 Å². The summed E-state index contributed by atoms with van der Waals surface area (Å²) in [5.41, 5.74) is 3.64. The molecule has 0 saturated heterocycles. The molecule has 3 N–H and O–H groups in total. The summed E-state index contributed by atoms with van der Waals surface area (Å²) in [6.45, 7) is 1.33. The van der Waals surface area contributed by atoms with Crippen LogP contribution in [0.3, 0.4) is 0 Å². The zero-order valence-corrected chi connectivity index (χ0v) is 14.2. The molecule has 0 radical (unpaired) electrons. The van der Waals surface area contributed by atoms with Crippen LogP contribution in [0.15, 0.2) is 29.3 Å². The lowest BCUT2D eigenvalue weighted by atomic mass is 10.1. The molecule has 4 rings (SSSR count). The van der Waals surface area contributed by atoms with E-state index in [1.54, 1.807) is 14.2 Å². The van der Waals surface area contributed by atoms with Gasteiger partial charge in [-0.1, -0.05) is 6.07 Å². The highest BCUT2D eigenvalue weighted by Gasteiger charge is 2.24. The highest BCUT2D eigenvalue weighted by atomic mass is 16.5. The van der Waals surface area contributed by atoms with Crippen LogP contribution in [0.2, 0.25) is 0 Å². The summed E-state index contributed by atoms with van der Waals surface area (Å²) in [5.74, 6) is 1.60. The zero-order valence-electron chi connectivity index (χ0n) is 14.2. The topological polar surface area (TPSA) is 77.0 Å². The van der Waals surface area contributed by atoms with Gasteiger partial charge in [-0.15, -0.1) is 0 Å². The van der Waals surface area contributed by atoms with Gasteiger partial charge < -0.3 is 19.9 Å². The Morgan fingerprint density at radius 1 is 1.20 bits per heavy atom. The van der Waals surface area contributed by atoms with Crippen molar-refractivity contribution in [3.8, 4) is 17.2 Å². The fourth-order valence-electron chi connectivity index (χ4n) is 3.30. The molecular weight excluding hydrogens is 318 g/mol. The lowest BCUT2D eigenvalue weighted by molar-refractivity contribution is -0.345. The molecule has 2 heterocycles. The van der Waals surface area contributed by atoms with Crippen molar-refractivity contribution in [2.45, 2.75) is 13.0 Å². The maximum absolute atomic E-state index is 10.6. The number of benzene rings is 2. The van der Waals surface area contributed by atoms with Gasteiger partial charge in [-0.05, 0) is 30.2 Å². The molecule has 0 aliphatic carbocycles. The predicted octanol–water partition coefficient (Wildman–Crippen LogP) is -0.00800. The molecule has 0 fully saturated rings. The standard InChI is InChI=1S/C19H19N3O3/c1-24-15-4-3-11(7-16(15)25-2)9-21-14-8-13-17-12(5-6-20-13)10-22-18(17)19(14)23/h3-4,7-8,10,21,23H,5-6,9H2,1-2H3/p+1.